The number of hydrogen-bond acceptors (Lipinski definition) is 3. The van der Waals surface area contributed by atoms with Crippen LogP contribution in [0.15, 0.2) is 89.7 Å². The third-order valence-corrected chi connectivity index (χ3v) is 5.67. The number of hydrogen-bond donors (Lipinski definition) is 0. The van der Waals surface area contributed by atoms with E-state index >= 15 is 0 Å². The van der Waals surface area contributed by atoms with Crippen molar-refractivity contribution in [1.29, 1.82) is 0 Å². The van der Waals surface area contributed by atoms with E-state index in [-0.39, 0.29) is 5.56 Å². The number of nitrogens with zero attached hydrogens (tertiary/aromatic N) is 1. The normalized spacial score (nSPS) is 12.0. The van der Waals surface area contributed by atoms with Gasteiger partial charge in [0, 0.05) is 24.6 Å². The van der Waals surface area contributed by atoms with Crippen LogP contribution in [0.3, 0.4) is 0 Å². The first-order valence-corrected chi connectivity index (χ1v) is 10.3. The Balaban J connectivity index is 1.97. The highest BCUT2D eigenvalue weighted by atomic mass is 16.5. The zero-order valence-electron chi connectivity index (χ0n) is 17.2. The highest BCUT2D eigenvalue weighted by Crippen LogP contribution is 2.45. The Hall–Kier alpha value is -3.92. The molecule has 2 heterocycles. The van der Waals surface area contributed by atoms with Crippen LogP contribution in [0.5, 0.6) is 5.75 Å². The second-order valence-corrected chi connectivity index (χ2v) is 7.62. The molecule has 4 nitrogen and oxygen atoms in total. The molecule has 0 aliphatic carbocycles. The Morgan fingerprint density at radius 2 is 1.39 bits per heavy atom. The van der Waals surface area contributed by atoms with Crippen molar-refractivity contribution in [2.45, 2.75) is 19.9 Å². The fourth-order valence-corrected chi connectivity index (χ4v) is 4.37. The van der Waals surface area contributed by atoms with E-state index in [9.17, 15) is 9.59 Å². The molecule has 4 aromatic rings. The van der Waals surface area contributed by atoms with Crippen molar-refractivity contribution in [3.8, 4) is 39.3 Å². The maximum absolute atomic E-state index is 13.8. The minimum absolute atomic E-state index is 0.147. The molecule has 0 saturated carbocycles. The number of benzene rings is 3. The summed E-state index contributed by atoms with van der Waals surface area (Å²) < 4.78 is 7.63. The SMILES string of the molecule is CC(=O)Oc1c(-c2ccccc2)c2n(c(=O)c1-c1ccccc1)CCc1ccccc1-2. The molecule has 31 heavy (non-hydrogen) atoms. The van der Waals surface area contributed by atoms with Crippen molar-refractivity contribution in [3.63, 3.8) is 0 Å². The summed E-state index contributed by atoms with van der Waals surface area (Å²) in [6.07, 6.45) is 0.776. The van der Waals surface area contributed by atoms with E-state index in [1.54, 1.807) is 0 Å². The molecule has 4 heteroatoms. The lowest BCUT2D eigenvalue weighted by Crippen LogP contribution is -2.29. The van der Waals surface area contributed by atoms with Crippen molar-refractivity contribution in [2.24, 2.45) is 0 Å². The summed E-state index contributed by atoms with van der Waals surface area (Å²) in [5.74, 6) is -0.138. The highest BCUT2D eigenvalue weighted by Gasteiger charge is 2.29. The Kier molecular flexibility index (Phi) is 4.75. The monoisotopic (exact) mass is 407 g/mol. The standard InChI is InChI=1S/C27H21NO3/c1-18(29)31-26-23(20-11-4-2-5-12-20)25-22-15-9-8-10-19(22)16-17-28(25)27(30)24(26)21-13-6-3-7-14-21/h2-15H,16-17H2,1H3. The predicted octanol–water partition coefficient (Wildman–Crippen LogP) is 5.33. The molecule has 1 aliphatic heterocycles. The van der Waals surface area contributed by atoms with Gasteiger partial charge in [0.15, 0.2) is 5.75 Å². The van der Waals surface area contributed by atoms with Crippen molar-refractivity contribution in [3.05, 3.63) is 101 Å². The first kappa shape index (κ1) is 19.1. The predicted molar refractivity (Wildman–Crippen MR) is 122 cm³/mol. The van der Waals surface area contributed by atoms with E-state index < -0.39 is 5.97 Å². The number of esters is 1. The van der Waals surface area contributed by atoms with Crippen molar-refractivity contribution in [1.82, 2.24) is 4.57 Å². The third kappa shape index (κ3) is 3.26. The molecule has 0 radical (unpaired) electrons. The van der Waals surface area contributed by atoms with Crippen LogP contribution < -0.4 is 10.3 Å². The van der Waals surface area contributed by atoms with Crippen LogP contribution >= 0.6 is 0 Å². The summed E-state index contributed by atoms with van der Waals surface area (Å²) in [6, 6.07) is 27.4. The Morgan fingerprint density at radius 3 is 2.03 bits per heavy atom. The molecule has 5 rings (SSSR count). The molecule has 0 amide bonds. The van der Waals surface area contributed by atoms with Crippen LogP contribution in [-0.4, -0.2) is 10.5 Å². The number of fused-ring (bicyclic) bond motifs is 3. The second-order valence-electron chi connectivity index (χ2n) is 7.62. The van der Waals surface area contributed by atoms with Crippen molar-refractivity contribution >= 4 is 5.97 Å². The molecule has 0 unspecified atom stereocenters. The molecule has 152 valence electrons. The van der Waals surface area contributed by atoms with Gasteiger partial charge in [0.2, 0.25) is 0 Å². The van der Waals surface area contributed by atoms with Gasteiger partial charge in [-0.3, -0.25) is 9.59 Å². The first-order valence-electron chi connectivity index (χ1n) is 10.3. The lowest BCUT2D eigenvalue weighted by atomic mass is 9.89. The average Bonchev–Trinajstić information content (AvgIpc) is 2.80. The van der Waals surface area contributed by atoms with Gasteiger partial charge in [0.25, 0.3) is 5.56 Å². The first-order chi connectivity index (χ1) is 15.1. The van der Waals surface area contributed by atoms with Gasteiger partial charge in [0.1, 0.15) is 0 Å². The molecule has 0 fully saturated rings. The summed E-state index contributed by atoms with van der Waals surface area (Å²) in [6.45, 7) is 1.94. The van der Waals surface area contributed by atoms with Crippen LogP contribution in [0.25, 0.3) is 33.5 Å². The molecule has 3 aromatic carbocycles. The highest BCUT2D eigenvalue weighted by molar-refractivity contribution is 5.94. The van der Waals surface area contributed by atoms with Gasteiger partial charge in [-0.05, 0) is 23.1 Å². The number of aryl methyl sites for hydroxylation is 1. The van der Waals surface area contributed by atoms with Gasteiger partial charge >= 0.3 is 5.97 Å². The lowest BCUT2D eigenvalue weighted by Gasteiger charge is -2.27. The molecule has 0 saturated heterocycles. The van der Waals surface area contributed by atoms with Crippen LogP contribution in [0, 0.1) is 0 Å². The van der Waals surface area contributed by atoms with Gasteiger partial charge in [-0.1, -0.05) is 84.9 Å². The number of rotatable bonds is 3. The summed E-state index contributed by atoms with van der Waals surface area (Å²) in [4.78, 5) is 26.0. The zero-order valence-corrected chi connectivity index (χ0v) is 17.2. The molecule has 1 aromatic heterocycles. The van der Waals surface area contributed by atoms with E-state index in [0.717, 1.165) is 34.4 Å². The third-order valence-electron chi connectivity index (χ3n) is 5.67. The van der Waals surface area contributed by atoms with Crippen molar-refractivity contribution in [2.75, 3.05) is 0 Å². The number of carbonyl (C=O) groups is 1. The summed E-state index contributed by atoms with van der Waals surface area (Å²) >= 11 is 0. The largest absolute Gasteiger partial charge is 0.425 e. The van der Waals surface area contributed by atoms with E-state index in [1.165, 1.54) is 12.5 Å². The molecule has 0 N–H and O–H groups in total. The molecular formula is C27H21NO3. The molecule has 0 atom stereocenters. The van der Waals surface area contributed by atoms with Crippen molar-refractivity contribution < 1.29 is 9.53 Å². The smallest absolute Gasteiger partial charge is 0.308 e. The van der Waals surface area contributed by atoms with Crippen LogP contribution in [0.1, 0.15) is 12.5 Å². The Bertz CT molecular complexity index is 1340. The Morgan fingerprint density at radius 1 is 0.806 bits per heavy atom. The van der Waals surface area contributed by atoms with Gasteiger partial charge < -0.3 is 9.30 Å². The lowest BCUT2D eigenvalue weighted by molar-refractivity contribution is -0.131. The second kappa shape index (κ2) is 7.73. The maximum Gasteiger partial charge on any atom is 0.308 e. The zero-order chi connectivity index (χ0) is 21.4. The topological polar surface area (TPSA) is 48.3 Å². The molecular weight excluding hydrogens is 386 g/mol. The molecule has 1 aliphatic rings. The fraction of sp³-hybridized carbons (Fsp3) is 0.111. The fourth-order valence-electron chi connectivity index (χ4n) is 4.37. The van der Waals surface area contributed by atoms with E-state index in [2.05, 4.69) is 6.07 Å². The summed E-state index contributed by atoms with van der Waals surface area (Å²) in [5.41, 5.74) is 5.64. The van der Waals surface area contributed by atoms with E-state index in [1.807, 2.05) is 83.4 Å². The van der Waals surface area contributed by atoms with Crippen LogP contribution in [-0.2, 0) is 17.8 Å². The van der Waals surface area contributed by atoms with Gasteiger partial charge in [-0.15, -0.1) is 0 Å². The Labute approximate surface area is 180 Å². The average molecular weight is 407 g/mol. The molecule has 0 bridgehead atoms. The number of ether oxygens (including phenoxy) is 1. The minimum Gasteiger partial charge on any atom is -0.425 e. The maximum atomic E-state index is 13.8. The van der Waals surface area contributed by atoms with Gasteiger partial charge in [-0.2, -0.15) is 0 Å². The number of carbonyl (C=O) groups excluding carboxylic acids is 1. The minimum atomic E-state index is -0.456. The summed E-state index contributed by atoms with van der Waals surface area (Å²) in [5, 5.41) is 0. The van der Waals surface area contributed by atoms with E-state index in [4.69, 9.17) is 4.74 Å². The van der Waals surface area contributed by atoms with Gasteiger partial charge in [-0.25, -0.2) is 0 Å². The van der Waals surface area contributed by atoms with Crippen LogP contribution in [0.2, 0.25) is 0 Å². The van der Waals surface area contributed by atoms with E-state index in [0.29, 0.717) is 17.9 Å². The summed E-state index contributed by atoms with van der Waals surface area (Å²) in [7, 11) is 0. The molecule has 0 spiro atoms. The van der Waals surface area contributed by atoms with Crippen LogP contribution in [0.4, 0.5) is 0 Å². The van der Waals surface area contributed by atoms with Gasteiger partial charge in [0.05, 0.1) is 11.3 Å². The quantitative estimate of drug-likeness (QED) is 0.431. The number of pyridine rings is 1. The number of aromatic nitrogens is 1.